The maximum atomic E-state index is 12.5. The van der Waals surface area contributed by atoms with Gasteiger partial charge in [-0.25, -0.2) is 0 Å². The molecule has 1 saturated heterocycles. The van der Waals surface area contributed by atoms with Crippen LogP contribution >= 0.6 is 0 Å². The molecule has 1 aliphatic heterocycles. The Morgan fingerprint density at radius 1 is 1.04 bits per heavy atom. The van der Waals surface area contributed by atoms with Gasteiger partial charge in [0.25, 0.3) is 0 Å². The van der Waals surface area contributed by atoms with Gasteiger partial charge in [0, 0.05) is 18.6 Å². The zero-order chi connectivity index (χ0) is 16.7. The summed E-state index contributed by atoms with van der Waals surface area (Å²) in [5.41, 5.74) is 0.0745. The molecular weight excluding hydrogens is 294 g/mol. The van der Waals surface area contributed by atoms with Crippen molar-refractivity contribution in [1.82, 2.24) is 5.32 Å². The SMILES string of the molecule is CC1(C)CCC(C(=O)NC2CCOC3(C2)CC(C(=O)O)C3)CC1. The topological polar surface area (TPSA) is 75.6 Å². The summed E-state index contributed by atoms with van der Waals surface area (Å²) in [6.07, 6.45) is 6.97. The minimum atomic E-state index is -0.727. The molecule has 1 heterocycles. The molecule has 1 unspecified atom stereocenters. The van der Waals surface area contributed by atoms with E-state index in [0.717, 1.165) is 38.5 Å². The van der Waals surface area contributed by atoms with E-state index in [1.165, 1.54) is 0 Å². The van der Waals surface area contributed by atoms with Crippen molar-refractivity contribution >= 4 is 11.9 Å². The number of carbonyl (C=O) groups is 2. The summed E-state index contributed by atoms with van der Waals surface area (Å²) in [4.78, 5) is 23.5. The molecule has 2 saturated carbocycles. The van der Waals surface area contributed by atoms with Crippen molar-refractivity contribution in [2.75, 3.05) is 6.61 Å². The molecular formula is C18H29NO4. The van der Waals surface area contributed by atoms with Crippen LogP contribution in [-0.4, -0.2) is 35.2 Å². The lowest BCUT2D eigenvalue weighted by molar-refractivity contribution is -0.182. The van der Waals surface area contributed by atoms with Gasteiger partial charge >= 0.3 is 5.97 Å². The fourth-order valence-electron chi connectivity index (χ4n) is 4.43. The third-order valence-electron chi connectivity index (χ3n) is 6.14. The first-order chi connectivity index (χ1) is 10.8. The van der Waals surface area contributed by atoms with Crippen LogP contribution < -0.4 is 5.32 Å². The summed E-state index contributed by atoms with van der Waals surface area (Å²) in [7, 11) is 0. The highest BCUT2D eigenvalue weighted by Crippen LogP contribution is 2.46. The molecule has 0 radical (unpaired) electrons. The predicted octanol–water partition coefficient (Wildman–Crippen LogP) is 2.73. The number of carbonyl (C=O) groups excluding carboxylic acids is 1. The summed E-state index contributed by atoms with van der Waals surface area (Å²) >= 11 is 0. The Kier molecular flexibility index (Phi) is 4.43. The predicted molar refractivity (Wildman–Crippen MR) is 85.9 cm³/mol. The van der Waals surface area contributed by atoms with Crippen molar-refractivity contribution in [1.29, 1.82) is 0 Å². The number of hydrogen-bond acceptors (Lipinski definition) is 3. The molecule has 0 bridgehead atoms. The Labute approximate surface area is 138 Å². The van der Waals surface area contributed by atoms with E-state index in [1.54, 1.807) is 0 Å². The number of amides is 1. The fraction of sp³-hybridized carbons (Fsp3) is 0.889. The Hall–Kier alpha value is -1.10. The molecule has 23 heavy (non-hydrogen) atoms. The summed E-state index contributed by atoms with van der Waals surface area (Å²) in [6, 6.07) is 0.140. The van der Waals surface area contributed by atoms with Gasteiger partial charge in [0.05, 0.1) is 11.5 Å². The van der Waals surface area contributed by atoms with Crippen molar-refractivity contribution < 1.29 is 19.4 Å². The largest absolute Gasteiger partial charge is 0.481 e. The lowest BCUT2D eigenvalue weighted by Gasteiger charge is -2.50. The first-order valence-corrected chi connectivity index (χ1v) is 8.96. The minimum Gasteiger partial charge on any atom is -0.481 e. The van der Waals surface area contributed by atoms with E-state index in [2.05, 4.69) is 19.2 Å². The molecule has 2 aliphatic carbocycles. The van der Waals surface area contributed by atoms with Gasteiger partial charge in [-0.1, -0.05) is 13.8 Å². The summed E-state index contributed by atoms with van der Waals surface area (Å²) in [5.74, 6) is -0.660. The molecule has 130 valence electrons. The normalized spacial score (nSPS) is 30.6. The second kappa shape index (κ2) is 6.08. The van der Waals surface area contributed by atoms with Crippen molar-refractivity contribution in [3.8, 4) is 0 Å². The third kappa shape index (κ3) is 3.70. The first-order valence-electron chi connectivity index (χ1n) is 8.96. The van der Waals surface area contributed by atoms with Gasteiger partial charge in [-0.3, -0.25) is 9.59 Å². The molecule has 1 atom stereocenters. The Morgan fingerprint density at radius 3 is 2.30 bits per heavy atom. The van der Waals surface area contributed by atoms with E-state index in [1.807, 2.05) is 0 Å². The number of nitrogens with one attached hydrogen (secondary N) is 1. The Morgan fingerprint density at radius 2 is 1.70 bits per heavy atom. The van der Waals surface area contributed by atoms with Crippen LogP contribution in [0.5, 0.6) is 0 Å². The molecule has 3 fully saturated rings. The standard InChI is InChI=1S/C18H29NO4/c1-17(2)6-3-12(4-7-17)15(20)19-14-5-8-23-18(11-14)9-13(10-18)16(21)22/h12-14H,3-11H2,1-2H3,(H,19,20)(H,21,22). The maximum Gasteiger partial charge on any atom is 0.306 e. The average Bonchev–Trinajstić information content (AvgIpc) is 2.44. The van der Waals surface area contributed by atoms with Crippen LogP contribution in [0.2, 0.25) is 0 Å². The van der Waals surface area contributed by atoms with Gasteiger partial charge in [0.2, 0.25) is 5.91 Å². The molecule has 3 aliphatic rings. The molecule has 3 rings (SSSR count). The lowest BCUT2D eigenvalue weighted by Crippen LogP contribution is -2.57. The van der Waals surface area contributed by atoms with Crippen LogP contribution in [0.1, 0.15) is 65.2 Å². The van der Waals surface area contributed by atoms with Crippen molar-refractivity contribution in [3.05, 3.63) is 0 Å². The number of carboxylic acid groups (broad SMARTS) is 1. The summed E-state index contributed by atoms with van der Waals surface area (Å²) in [5, 5.41) is 12.3. The molecule has 5 heteroatoms. The number of rotatable bonds is 3. The molecule has 5 nitrogen and oxygen atoms in total. The highest BCUT2D eigenvalue weighted by molar-refractivity contribution is 5.79. The third-order valence-corrected chi connectivity index (χ3v) is 6.14. The second-order valence-corrected chi connectivity index (χ2v) is 8.61. The molecule has 1 amide bonds. The zero-order valence-electron chi connectivity index (χ0n) is 14.3. The van der Waals surface area contributed by atoms with Gasteiger partial charge in [-0.15, -0.1) is 0 Å². The van der Waals surface area contributed by atoms with Crippen LogP contribution in [0.25, 0.3) is 0 Å². The Balaban J connectivity index is 1.49. The van der Waals surface area contributed by atoms with E-state index >= 15 is 0 Å². The van der Waals surface area contributed by atoms with Gasteiger partial charge in [-0.05, 0) is 56.8 Å². The number of ether oxygens (including phenoxy) is 1. The van der Waals surface area contributed by atoms with E-state index in [0.29, 0.717) is 24.9 Å². The maximum absolute atomic E-state index is 12.5. The van der Waals surface area contributed by atoms with Crippen molar-refractivity contribution in [2.24, 2.45) is 17.3 Å². The molecule has 0 aromatic heterocycles. The highest BCUT2D eigenvalue weighted by Gasteiger charge is 2.51. The fourth-order valence-corrected chi connectivity index (χ4v) is 4.43. The highest BCUT2D eigenvalue weighted by atomic mass is 16.5. The summed E-state index contributed by atoms with van der Waals surface area (Å²) in [6.45, 7) is 5.17. The number of aliphatic carboxylic acids is 1. The van der Waals surface area contributed by atoms with Gasteiger partial charge < -0.3 is 15.2 Å². The van der Waals surface area contributed by atoms with Crippen LogP contribution in [0, 0.1) is 17.3 Å². The quantitative estimate of drug-likeness (QED) is 0.837. The van der Waals surface area contributed by atoms with E-state index < -0.39 is 5.97 Å². The monoisotopic (exact) mass is 323 g/mol. The van der Waals surface area contributed by atoms with Crippen LogP contribution in [0.15, 0.2) is 0 Å². The zero-order valence-corrected chi connectivity index (χ0v) is 14.3. The Bertz CT molecular complexity index is 471. The molecule has 2 N–H and O–H groups in total. The average molecular weight is 323 g/mol. The lowest BCUT2D eigenvalue weighted by atomic mass is 9.66. The smallest absolute Gasteiger partial charge is 0.306 e. The van der Waals surface area contributed by atoms with Crippen LogP contribution in [-0.2, 0) is 14.3 Å². The summed E-state index contributed by atoms with van der Waals surface area (Å²) < 4.78 is 5.85. The first kappa shape index (κ1) is 16.7. The molecule has 0 aromatic carbocycles. The van der Waals surface area contributed by atoms with E-state index in [9.17, 15) is 9.59 Å². The van der Waals surface area contributed by atoms with Crippen LogP contribution in [0.4, 0.5) is 0 Å². The van der Waals surface area contributed by atoms with Crippen molar-refractivity contribution in [3.63, 3.8) is 0 Å². The van der Waals surface area contributed by atoms with Crippen LogP contribution in [0.3, 0.4) is 0 Å². The minimum absolute atomic E-state index is 0.140. The number of carboxylic acids is 1. The second-order valence-electron chi connectivity index (χ2n) is 8.61. The van der Waals surface area contributed by atoms with E-state index in [4.69, 9.17) is 9.84 Å². The van der Waals surface area contributed by atoms with E-state index in [-0.39, 0.29) is 29.4 Å². The van der Waals surface area contributed by atoms with Gasteiger partial charge in [0.1, 0.15) is 0 Å². The van der Waals surface area contributed by atoms with Gasteiger partial charge in [-0.2, -0.15) is 0 Å². The molecule has 0 aromatic rings. The number of hydrogen-bond donors (Lipinski definition) is 2. The van der Waals surface area contributed by atoms with Crippen molar-refractivity contribution in [2.45, 2.75) is 76.9 Å². The molecule has 1 spiro atoms. The van der Waals surface area contributed by atoms with Gasteiger partial charge in [0.15, 0.2) is 0 Å².